The van der Waals surface area contributed by atoms with Crippen molar-refractivity contribution in [3.05, 3.63) is 40.7 Å². The molecule has 0 amide bonds. The van der Waals surface area contributed by atoms with E-state index in [1.54, 1.807) is 0 Å². The zero-order chi connectivity index (χ0) is 11.7. The average molecular weight is 236 g/mol. The van der Waals surface area contributed by atoms with E-state index in [1.807, 2.05) is 49.9 Å². The lowest BCUT2D eigenvalue weighted by Gasteiger charge is -2.07. The monoisotopic (exact) mass is 235 g/mol. The fourth-order valence-electron chi connectivity index (χ4n) is 1.53. The zero-order valence-electron chi connectivity index (χ0n) is 9.58. The van der Waals surface area contributed by atoms with Crippen LogP contribution in [-0.2, 0) is 7.05 Å². The van der Waals surface area contributed by atoms with E-state index in [4.69, 9.17) is 11.6 Å². The maximum Gasteiger partial charge on any atom is 0.207 e. The van der Waals surface area contributed by atoms with Gasteiger partial charge in [-0.15, -0.1) is 0 Å². The van der Waals surface area contributed by atoms with Gasteiger partial charge in [0.15, 0.2) is 0 Å². The Morgan fingerprint density at radius 3 is 2.62 bits per heavy atom. The Hall–Kier alpha value is -1.48. The second kappa shape index (κ2) is 4.18. The van der Waals surface area contributed by atoms with Crippen molar-refractivity contribution in [3.8, 4) is 0 Å². The number of rotatable bonds is 2. The van der Waals surface area contributed by atoms with Crippen LogP contribution < -0.4 is 5.32 Å². The number of imidazole rings is 1. The van der Waals surface area contributed by atoms with Crippen LogP contribution in [0.2, 0.25) is 5.02 Å². The molecule has 1 aromatic carbocycles. The molecule has 1 aromatic heterocycles. The molecule has 0 aliphatic rings. The molecule has 1 N–H and O–H groups in total. The van der Waals surface area contributed by atoms with E-state index < -0.39 is 0 Å². The van der Waals surface area contributed by atoms with E-state index in [2.05, 4.69) is 10.3 Å². The number of benzene rings is 1. The normalized spacial score (nSPS) is 10.5. The highest BCUT2D eigenvalue weighted by atomic mass is 35.5. The third kappa shape index (κ3) is 2.19. The first-order valence-corrected chi connectivity index (χ1v) is 5.47. The minimum Gasteiger partial charge on any atom is -0.326 e. The van der Waals surface area contributed by atoms with Crippen LogP contribution in [0.1, 0.15) is 11.3 Å². The first-order chi connectivity index (χ1) is 7.56. The molecule has 2 rings (SSSR count). The zero-order valence-corrected chi connectivity index (χ0v) is 10.3. The molecule has 4 heteroatoms. The molecule has 0 bridgehead atoms. The van der Waals surface area contributed by atoms with Gasteiger partial charge in [0.25, 0.3) is 0 Å². The number of aryl methyl sites for hydroxylation is 3. The van der Waals surface area contributed by atoms with Gasteiger partial charge in [-0.25, -0.2) is 4.98 Å². The van der Waals surface area contributed by atoms with Gasteiger partial charge in [-0.1, -0.05) is 17.7 Å². The van der Waals surface area contributed by atoms with Crippen molar-refractivity contribution in [1.29, 1.82) is 0 Å². The first kappa shape index (κ1) is 11.0. The summed E-state index contributed by atoms with van der Waals surface area (Å²) < 4.78 is 1.95. The van der Waals surface area contributed by atoms with Gasteiger partial charge in [0, 0.05) is 24.0 Å². The van der Waals surface area contributed by atoms with Crippen molar-refractivity contribution in [2.75, 3.05) is 5.32 Å². The molecule has 0 radical (unpaired) electrons. The molecule has 84 valence electrons. The highest BCUT2D eigenvalue weighted by molar-refractivity contribution is 6.31. The second-order valence-corrected chi connectivity index (χ2v) is 4.31. The van der Waals surface area contributed by atoms with E-state index in [0.717, 1.165) is 27.9 Å². The van der Waals surface area contributed by atoms with Gasteiger partial charge >= 0.3 is 0 Å². The second-order valence-electron chi connectivity index (χ2n) is 3.91. The van der Waals surface area contributed by atoms with Crippen molar-refractivity contribution < 1.29 is 0 Å². The number of hydrogen-bond donors (Lipinski definition) is 1. The molecule has 2 aromatic rings. The van der Waals surface area contributed by atoms with Crippen molar-refractivity contribution in [2.45, 2.75) is 13.8 Å². The van der Waals surface area contributed by atoms with Gasteiger partial charge in [0.05, 0.1) is 5.69 Å². The van der Waals surface area contributed by atoms with Gasteiger partial charge in [0.1, 0.15) is 0 Å². The Bertz CT molecular complexity index is 517. The molecule has 3 nitrogen and oxygen atoms in total. The standard InChI is InChI=1S/C12H14ClN3/c1-8-4-5-10(6-11(8)13)15-12-14-9(2)7-16(12)3/h4-7H,1-3H3,(H,14,15). The highest BCUT2D eigenvalue weighted by Crippen LogP contribution is 2.22. The van der Waals surface area contributed by atoms with E-state index in [1.165, 1.54) is 0 Å². The molecule has 0 unspecified atom stereocenters. The van der Waals surface area contributed by atoms with E-state index in [0.29, 0.717) is 0 Å². The van der Waals surface area contributed by atoms with Crippen LogP contribution in [0.4, 0.5) is 11.6 Å². The molecule has 0 aliphatic heterocycles. The summed E-state index contributed by atoms with van der Waals surface area (Å²) in [6.07, 6.45) is 1.97. The SMILES string of the molecule is Cc1cn(C)c(Nc2ccc(C)c(Cl)c2)n1. The van der Waals surface area contributed by atoms with Crippen LogP contribution in [0.25, 0.3) is 0 Å². The van der Waals surface area contributed by atoms with Crippen molar-refractivity contribution >= 4 is 23.2 Å². The fourth-order valence-corrected chi connectivity index (χ4v) is 1.71. The summed E-state index contributed by atoms with van der Waals surface area (Å²) in [6.45, 7) is 3.95. The quantitative estimate of drug-likeness (QED) is 0.864. The molecule has 0 spiro atoms. The van der Waals surface area contributed by atoms with Gasteiger partial charge in [-0.05, 0) is 31.5 Å². The first-order valence-electron chi connectivity index (χ1n) is 5.09. The van der Waals surface area contributed by atoms with Gasteiger partial charge < -0.3 is 9.88 Å². The Balaban J connectivity index is 2.27. The lowest BCUT2D eigenvalue weighted by molar-refractivity contribution is 0.924. The Kier molecular flexibility index (Phi) is 2.88. The number of halogens is 1. The summed E-state index contributed by atoms with van der Waals surface area (Å²) in [5.74, 6) is 0.817. The van der Waals surface area contributed by atoms with Crippen LogP contribution in [0, 0.1) is 13.8 Å². The van der Waals surface area contributed by atoms with Gasteiger partial charge in [-0.3, -0.25) is 0 Å². The Morgan fingerprint density at radius 1 is 1.31 bits per heavy atom. The largest absolute Gasteiger partial charge is 0.326 e. The van der Waals surface area contributed by atoms with E-state index in [-0.39, 0.29) is 0 Å². The molecule has 0 fully saturated rings. The number of hydrogen-bond acceptors (Lipinski definition) is 2. The molecule has 16 heavy (non-hydrogen) atoms. The van der Waals surface area contributed by atoms with Crippen LogP contribution >= 0.6 is 11.6 Å². The topological polar surface area (TPSA) is 29.9 Å². The molecule has 0 aliphatic carbocycles. The van der Waals surface area contributed by atoms with Gasteiger partial charge in [0.2, 0.25) is 5.95 Å². The van der Waals surface area contributed by atoms with Crippen LogP contribution in [0.15, 0.2) is 24.4 Å². The van der Waals surface area contributed by atoms with Crippen molar-refractivity contribution in [2.24, 2.45) is 7.05 Å². The molecular weight excluding hydrogens is 222 g/mol. The molecule has 0 atom stereocenters. The fraction of sp³-hybridized carbons (Fsp3) is 0.250. The molecule has 0 saturated carbocycles. The lowest BCUT2D eigenvalue weighted by atomic mass is 10.2. The third-order valence-electron chi connectivity index (χ3n) is 2.42. The number of aromatic nitrogens is 2. The third-order valence-corrected chi connectivity index (χ3v) is 2.83. The Morgan fingerprint density at radius 2 is 2.06 bits per heavy atom. The molecular formula is C12H14ClN3. The molecule has 0 saturated heterocycles. The minimum atomic E-state index is 0.760. The summed E-state index contributed by atoms with van der Waals surface area (Å²) >= 11 is 6.06. The highest BCUT2D eigenvalue weighted by Gasteiger charge is 2.03. The summed E-state index contributed by atoms with van der Waals surface area (Å²) in [5.41, 5.74) is 3.01. The minimum absolute atomic E-state index is 0.760. The smallest absolute Gasteiger partial charge is 0.207 e. The predicted octanol–water partition coefficient (Wildman–Crippen LogP) is 3.43. The van der Waals surface area contributed by atoms with Crippen molar-refractivity contribution in [1.82, 2.24) is 9.55 Å². The predicted molar refractivity (Wildman–Crippen MR) is 67.4 cm³/mol. The summed E-state index contributed by atoms with van der Waals surface area (Å²) in [6, 6.07) is 5.88. The van der Waals surface area contributed by atoms with Gasteiger partial charge in [-0.2, -0.15) is 0 Å². The lowest BCUT2D eigenvalue weighted by Crippen LogP contribution is -1.98. The average Bonchev–Trinajstić information content (AvgIpc) is 2.51. The summed E-state index contributed by atoms with van der Waals surface area (Å²) in [5, 5.41) is 3.99. The number of nitrogens with one attached hydrogen (secondary N) is 1. The molecule has 1 heterocycles. The van der Waals surface area contributed by atoms with E-state index >= 15 is 0 Å². The number of anilines is 2. The Labute approximate surface area is 100 Å². The maximum absolute atomic E-state index is 6.06. The van der Waals surface area contributed by atoms with Crippen LogP contribution in [0.3, 0.4) is 0 Å². The van der Waals surface area contributed by atoms with Crippen molar-refractivity contribution in [3.63, 3.8) is 0 Å². The van der Waals surface area contributed by atoms with E-state index in [9.17, 15) is 0 Å². The summed E-state index contributed by atoms with van der Waals surface area (Å²) in [7, 11) is 1.96. The summed E-state index contributed by atoms with van der Waals surface area (Å²) in [4.78, 5) is 4.37. The van der Waals surface area contributed by atoms with Crippen LogP contribution in [-0.4, -0.2) is 9.55 Å². The van der Waals surface area contributed by atoms with Crippen LogP contribution in [0.5, 0.6) is 0 Å². The maximum atomic E-state index is 6.06. The number of nitrogens with zero attached hydrogens (tertiary/aromatic N) is 2.